The van der Waals surface area contributed by atoms with Crippen molar-refractivity contribution < 1.29 is 22.4 Å². The normalized spacial score (nSPS) is 28.5. The van der Waals surface area contributed by atoms with Gasteiger partial charge >= 0.3 is 0 Å². The van der Waals surface area contributed by atoms with Crippen molar-refractivity contribution >= 4 is 16.8 Å². The fourth-order valence-electron chi connectivity index (χ4n) is 5.72. The minimum Gasteiger partial charge on any atom is -0.364 e. The summed E-state index contributed by atoms with van der Waals surface area (Å²) in [7, 11) is 0. The maximum absolute atomic E-state index is 14.4. The second kappa shape index (κ2) is 8.15. The molecule has 0 radical (unpaired) electrons. The third-order valence-electron chi connectivity index (χ3n) is 7.37. The van der Waals surface area contributed by atoms with Gasteiger partial charge in [0.05, 0.1) is 10.9 Å². The van der Waals surface area contributed by atoms with Gasteiger partial charge < -0.3 is 10.7 Å². The number of primary amides is 1. The van der Waals surface area contributed by atoms with Gasteiger partial charge in [-0.3, -0.25) is 14.6 Å². The zero-order valence-electron chi connectivity index (χ0n) is 17.8. The highest BCUT2D eigenvalue weighted by Gasteiger charge is 2.47. The number of aromatic amines is 1. The second-order valence-corrected chi connectivity index (χ2v) is 9.47. The summed E-state index contributed by atoms with van der Waals surface area (Å²) in [5.74, 6) is -7.82. The molecule has 174 valence electrons. The molecule has 2 atom stereocenters. The van der Waals surface area contributed by atoms with Crippen molar-refractivity contribution in [3.63, 3.8) is 0 Å². The number of amides is 1. The van der Waals surface area contributed by atoms with Crippen LogP contribution in [0.5, 0.6) is 0 Å². The summed E-state index contributed by atoms with van der Waals surface area (Å²) >= 11 is 0. The van der Waals surface area contributed by atoms with Crippen LogP contribution in [0.15, 0.2) is 23.1 Å². The molecule has 2 aliphatic carbocycles. The van der Waals surface area contributed by atoms with Gasteiger partial charge in [-0.05, 0) is 56.9 Å². The summed E-state index contributed by atoms with van der Waals surface area (Å²) in [4.78, 5) is 31.4. The van der Waals surface area contributed by atoms with E-state index in [2.05, 4.69) is 9.97 Å². The first-order chi connectivity index (χ1) is 15.0. The van der Waals surface area contributed by atoms with Gasteiger partial charge in [-0.25, -0.2) is 17.6 Å². The summed E-state index contributed by atoms with van der Waals surface area (Å²) in [6.45, 7) is 0.941. The Balaban J connectivity index is 1.68. The average molecular weight is 453 g/mol. The molecule has 2 aliphatic rings. The number of H-pyrrole nitrogens is 1. The molecule has 0 saturated heterocycles. The first-order valence-electron chi connectivity index (χ1n) is 11.0. The predicted octanol–water partition coefficient (Wildman–Crippen LogP) is 5.00. The van der Waals surface area contributed by atoms with Crippen molar-refractivity contribution in [2.24, 2.45) is 23.5 Å². The lowest BCUT2D eigenvalue weighted by atomic mass is 9.64. The number of carbonyl (C=O) groups excluding carboxylic acids is 1. The highest BCUT2D eigenvalue weighted by molar-refractivity contribution is 6.03. The number of nitrogens with two attached hydrogens (primary N) is 1. The van der Waals surface area contributed by atoms with Crippen LogP contribution in [0, 0.1) is 17.8 Å². The second-order valence-electron chi connectivity index (χ2n) is 9.47. The van der Waals surface area contributed by atoms with E-state index in [-0.39, 0.29) is 35.8 Å². The Morgan fingerprint density at radius 3 is 2.53 bits per heavy atom. The standard InChI is InChI=1S/C23H27F4N3O2/c1-22(24,25)13-4-2-12(3-5-13)14-6-8-23(26,27)11-15(14)17-10-18(31)19-16(30-17)7-9-29-20(19)21(28)32/h7,9-10,12-15H,2-6,8,11H2,1H3,(H2,28,32)(H,30,31). The number of pyridine rings is 2. The van der Waals surface area contributed by atoms with Gasteiger partial charge in [0.15, 0.2) is 5.43 Å². The number of nitrogens with zero attached hydrogens (tertiary/aromatic N) is 1. The molecule has 3 N–H and O–H groups in total. The lowest BCUT2D eigenvalue weighted by Gasteiger charge is -2.43. The summed E-state index contributed by atoms with van der Waals surface area (Å²) in [6, 6.07) is 2.78. The lowest BCUT2D eigenvalue weighted by Crippen LogP contribution is -2.38. The third-order valence-corrected chi connectivity index (χ3v) is 7.37. The number of aromatic nitrogens is 2. The molecular weight excluding hydrogens is 426 g/mol. The van der Waals surface area contributed by atoms with Crippen LogP contribution in [-0.4, -0.2) is 27.7 Å². The molecule has 5 nitrogen and oxygen atoms in total. The molecular formula is C23H27F4N3O2. The predicted molar refractivity (Wildman–Crippen MR) is 112 cm³/mol. The average Bonchev–Trinajstić information content (AvgIpc) is 2.72. The highest BCUT2D eigenvalue weighted by Crippen LogP contribution is 2.51. The van der Waals surface area contributed by atoms with Gasteiger partial charge in [-0.1, -0.05) is 0 Å². The van der Waals surface area contributed by atoms with Crippen LogP contribution in [0.2, 0.25) is 0 Å². The number of carbonyl (C=O) groups is 1. The smallest absolute Gasteiger partial charge is 0.268 e. The zero-order chi connectivity index (χ0) is 23.3. The lowest BCUT2D eigenvalue weighted by molar-refractivity contribution is -0.0794. The molecule has 0 aliphatic heterocycles. The van der Waals surface area contributed by atoms with Crippen LogP contribution in [0.1, 0.15) is 74.0 Å². The van der Waals surface area contributed by atoms with E-state index in [9.17, 15) is 27.2 Å². The van der Waals surface area contributed by atoms with E-state index in [1.807, 2.05) is 0 Å². The minimum atomic E-state index is -2.86. The van der Waals surface area contributed by atoms with Gasteiger partial charge in [0.1, 0.15) is 5.69 Å². The number of fused-ring (bicyclic) bond motifs is 1. The van der Waals surface area contributed by atoms with E-state index in [0.29, 0.717) is 36.9 Å². The van der Waals surface area contributed by atoms with Crippen molar-refractivity contribution in [2.75, 3.05) is 0 Å². The Morgan fingerprint density at radius 1 is 1.22 bits per heavy atom. The summed E-state index contributed by atoms with van der Waals surface area (Å²) in [5.41, 5.74) is 5.35. The third kappa shape index (κ3) is 4.38. The van der Waals surface area contributed by atoms with Crippen LogP contribution < -0.4 is 11.2 Å². The van der Waals surface area contributed by atoms with E-state index in [1.54, 1.807) is 0 Å². The van der Waals surface area contributed by atoms with Gasteiger partial charge in [0.2, 0.25) is 11.8 Å². The number of nitrogens with one attached hydrogen (secondary N) is 1. The molecule has 32 heavy (non-hydrogen) atoms. The van der Waals surface area contributed by atoms with Gasteiger partial charge in [0.25, 0.3) is 5.91 Å². The minimum absolute atomic E-state index is 0.0357. The van der Waals surface area contributed by atoms with E-state index in [1.165, 1.54) is 18.3 Å². The molecule has 4 rings (SSSR count). The fraction of sp³-hybridized carbons (Fsp3) is 0.609. The SMILES string of the molecule is CC(F)(F)C1CCC(C2CCC(F)(F)CC2c2cc(=O)c3c(C(N)=O)nccc3[nH]2)CC1. The molecule has 2 heterocycles. The van der Waals surface area contributed by atoms with Crippen LogP contribution >= 0.6 is 0 Å². The Bertz CT molecular complexity index is 1070. The highest BCUT2D eigenvalue weighted by atomic mass is 19.3. The van der Waals surface area contributed by atoms with Crippen LogP contribution in [0.3, 0.4) is 0 Å². The maximum atomic E-state index is 14.4. The fourth-order valence-corrected chi connectivity index (χ4v) is 5.72. The van der Waals surface area contributed by atoms with Crippen molar-refractivity contribution in [3.05, 3.63) is 39.9 Å². The summed E-state index contributed by atoms with van der Waals surface area (Å²) in [5, 5.41) is 0.0357. The molecule has 1 amide bonds. The monoisotopic (exact) mass is 453 g/mol. The number of hydrogen-bond donors (Lipinski definition) is 2. The van der Waals surface area contributed by atoms with E-state index in [4.69, 9.17) is 5.73 Å². The Morgan fingerprint density at radius 2 is 1.91 bits per heavy atom. The maximum Gasteiger partial charge on any atom is 0.268 e. The Kier molecular flexibility index (Phi) is 5.79. The summed E-state index contributed by atoms with van der Waals surface area (Å²) in [6.07, 6.45) is 2.83. The van der Waals surface area contributed by atoms with E-state index in [0.717, 1.165) is 6.92 Å². The molecule has 2 saturated carbocycles. The van der Waals surface area contributed by atoms with Gasteiger partial charge in [-0.15, -0.1) is 0 Å². The van der Waals surface area contributed by atoms with E-state index >= 15 is 0 Å². The van der Waals surface area contributed by atoms with Crippen molar-refractivity contribution in [2.45, 2.75) is 69.6 Å². The van der Waals surface area contributed by atoms with Gasteiger partial charge in [0, 0.05) is 42.6 Å². The summed E-state index contributed by atoms with van der Waals surface area (Å²) < 4.78 is 56.3. The number of halogens is 4. The molecule has 9 heteroatoms. The zero-order valence-corrected chi connectivity index (χ0v) is 17.8. The Labute approximate surface area is 182 Å². The van der Waals surface area contributed by atoms with Crippen molar-refractivity contribution in [1.82, 2.24) is 9.97 Å². The first kappa shape index (κ1) is 22.7. The van der Waals surface area contributed by atoms with Crippen LogP contribution in [0.25, 0.3) is 10.9 Å². The number of rotatable bonds is 4. The molecule has 2 fully saturated rings. The first-order valence-corrected chi connectivity index (χ1v) is 11.0. The van der Waals surface area contributed by atoms with Crippen LogP contribution in [-0.2, 0) is 0 Å². The number of hydrogen-bond acceptors (Lipinski definition) is 3. The molecule has 0 bridgehead atoms. The largest absolute Gasteiger partial charge is 0.364 e. The van der Waals surface area contributed by atoms with E-state index < -0.39 is 41.4 Å². The van der Waals surface area contributed by atoms with Crippen molar-refractivity contribution in [1.29, 1.82) is 0 Å². The topological polar surface area (TPSA) is 88.8 Å². The molecule has 0 aromatic carbocycles. The Hall–Kier alpha value is -2.45. The van der Waals surface area contributed by atoms with Crippen molar-refractivity contribution in [3.8, 4) is 0 Å². The molecule has 0 spiro atoms. The molecule has 2 aromatic heterocycles. The van der Waals surface area contributed by atoms with Crippen LogP contribution in [0.4, 0.5) is 17.6 Å². The molecule has 2 unspecified atom stereocenters. The molecule has 2 aromatic rings. The van der Waals surface area contributed by atoms with Gasteiger partial charge in [-0.2, -0.15) is 0 Å². The number of alkyl halides is 4. The quantitative estimate of drug-likeness (QED) is 0.639.